The number of hydroxylamine groups is 1. The summed E-state index contributed by atoms with van der Waals surface area (Å²) in [5.41, 5.74) is 2.08. The van der Waals surface area contributed by atoms with Crippen molar-refractivity contribution in [3.8, 4) is 11.5 Å². The van der Waals surface area contributed by atoms with Crippen LogP contribution in [0.4, 0.5) is 0 Å². The fourth-order valence-electron chi connectivity index (χ4n) is 2.85. The molecule has 0 bridgehead atoms. The second-order valence-corrected chi connectivity index (χ2v) is 7.53. The molecule has 168 valence electrons. The van der Waals surface area contributed by atoms with Gasteiger partial charge >= 0.3 is 0 Å². The molecule has 0 aliphatic carbocycles. The van der Waals surface area contributed by atoms with Gasteiger partial charge in [0.2, 0.25) is 0 Å². The first-order valence-corrected chi connectivity index (χ1v) is 10.4. The quantitative estimate of drug-likeness (QED) is 0.196. The van der Waals surface area contributed by atoms with Crippen LogP contribution in [0.5, 0.6) is 11.5 Å². The van der Waals surface area contributed by atoms with Gasteiger partial charge in [-0.25, -0.2) is 5.48 Å². The number of amides is 2. The minimum atomic E-state index is -1.10. The fraction of sp³-hybridized carbons (Fsp3) is 0.333. The zero-order valence-electron chi connectivity index (χ0n) is 17.0. The van der Waals surface area contributed by atoms with Crippen molar-refractivity contribution in [2.45, 2.75) is 25.3 Å². The molecule has 0 saturated heterocycles. The third kappa shape index (κ3) is 7.00. The molecular formula is C21H25Cl2N3O5. The van der Waals surface area contributed by atoms with Crippen LogP contribution in [-0.2, 0) is 11.2 Å². The number of hydrogen-bond acceptors (Lipinski definition) is 6. The van der Waals surface area contributed by atoms with Crippen molar-refractivity contribution in [3.05, 3.63) is 57.6 Å². The number of rotatable bonds is 11. The van der Waals surface area contributed by atoms with E-state index in [0.29, 0.717) is 6.61 Å². The van der Waals surface area contributed by atoms with E-state index in [1.54, 1.807) is 24.3 Å². The minimum absolute atomic E-state index is 0.0489. The van der Waals surface area contributed by atoms with Crippen LogP contribution in [0.25, 0.3) is 0 Å². The van der Waals surface area contributed by atoms with Crippen molar-refractivity contribution < 1.29 is 24.6 Å². The van der Waals surface area contributed by atoms with E-state index in [9.17, 15) is 14.7 Å². The third-order valence-electron chi connectivity index (χ3n) is 4.48. The molecule has 2 aromatic rings. The van der Waals surface area contributed by atoms with Crippen molar-refractivity contribution in [2.24, 2.45) is 0 Å². The van der Waals surface area contributed by atoms with Gasteiger partial charge in [-0.3, -0.25) is 14.8 Å². The molecule has 31 heavy (non-hydrogen) atoms. The fourth-order valence-corrected chi connectivity index (χ4v) is 3.41. The molecule has 0 aliphatic rings. The summed E-state index contributed by atoms with van der Waals surface area (Å²) in [5, 5.41) is 24.8. The molecule has 1 atom stereocenters. The Morgan fingerprint density at radius 2 is 1.87 bits per heavy atom. The average Bonchev–Trinajstić information content (AvgIpc) is 2.77. The van der Waals surface area contributed by atoms with E-state index in [1.165, 1.54) is 11.5 Å². The first kappa shape index (κ1) is 24.7. The lowest BCUT2D eigenvalue weighted by Gasteiger charge is -2.18. The molecule has 0 aliphatic heterocycles. The van der Waals surface area contributed by atoms with E-state index >= 15 is 0 Å². The lowest BCUT2D eigenvalue weighted by Crippen LogP contribution is -2.47. The van der Waals surface area contributed by atoms with Crippen LogP contribution in [0.1, 0.15) is 28.8 Å². The van der Waals surface area contributed by atoms with Crippen LogP contribution in [-0.4, -0.2) is 48.4 Å². The van der Waals surface area contributed by atoms with Gasteiger partial charge in [-0.05, 0) is 38.1 Å². The number of halogens is 2. The van der Waals surface area contributed by atoms with Crippen molar-refractivity contribution in [3.63, 3.8) is 0 Å². The second kappa shape index (κ2) is 12.4. The Labute approximate surface area is 190 Å². The maximum absolute atomic E-state index is 12.7. The molecule has 2 rings (SSSR count). The van der Waals surface area contributed by atoms with Crippen LogP contribution >= 0.6 is 23.2 Å². The Morgan fingerprint density at radius 1 is 1.16 bits per heavy atom. The summed E-state index contributed by atoms with van der Waals surface area (Å²) in [7, 11) is 1.85. The lowest BCUT2D eigenvalue weighted by atomic mass is 10.0. The Hall–Kier alpha value is -2.52. The smallest absolute Gasteiger partial charge is 0.266 e. The van der Waals surface area contributed by atoms with Crippen LogP contribution in [0.3, 0.4) is 0 Å². The van der Waals surface area contributed by atoms with Crippen molar-refractivity contribution >= 4 is 35.0 Å². The van der Waals surface area contributed by atoms with Gasteiger partial charge in [-0.1, -0.05) is 53.5 Å². The Balaban J connectivity index is 2.16. The van der Waals surface area contributed by atoms with E-state index in [-0.39, 0.29) is 27.8 Å². The largest absolute Gasteiger partial charge is 0.505 e. The van der Waals surface area contributed by atoms with E-state index in [2.05, 4.69) is 10.6 Å². The summed E-state index contributed by atoms with van der Waals surface area (Å²) in [6.45, 7) is 1.17. The number of benzene rings is 2. The van der Waals surface area contributed by atoms with Crippen LogP contribution in [0.2, 0.25) is 10.0 Å². The number of ether oxygens (including phenoxy) is 1. The number of phenolic OH excluding ortho intramolecular Hbond substituents is 1. The SMILES string of the molecule is CNCCCCOc1c(Cl)cc(C(=O)N[C@@H](Cc2ccccc2)C(=O)NO)c(O)c1Cl. The van der Waals surface area contributed by atoms with Crippen molar-refractivity contribution in [2.75, 3.05) is 20.2 Å². The summed E-state index contributed by atoms with van der Waals surface area (Å²) in [6.07, 6.45) is 1.75. The summed E-state index contributed by atoms with van der Waals surface area (Å²) in [4.78, 5) is 24.8. The highest BCUT2D eigenvalue weighted by atomic mass is 35.5. The molecule has 2 aromatic carbocycles. The minimum Gasteiger partial charge on any atom is -0.505 e. The van der Waals surface area contributed by atoms with Gasteiger partial charge in [0.1, 0.15) is 11.1 Å². The standard InChI is InChI=1S/C21H25Cl2N3O5/c1-24-9-5-6-10-31-19-15(22)12-14(18(27)17(19)23)20(28)25-16(21(29)26-30)11-13-7-3-2-4-8-13/h2-4,7-8,12,16,24,27,30H,5-6,9-11H2,1H3,(H,25,28)(H,26,29)/t16-/m0/s1. The third-order valence-corrected chi connectivity index (χ3v) is 5.11. The van der Waals surface area contributed by atoms with Gasteiger partial charge in [0.25, 0.3) is 11.8 Å². The van der Waals surface area contributed by atoms with E-state index < -0.39 is 23.6 Å². The van der Waals surface area contributed by atoms with Gasteiger partial charge < -0.3 is 20.5 Å². The number of phenols is 1. The molecule has 0 radical (unpaired) electrons. The van der Waals surface area contributed by atoms with Crippen LogP contribution in [0.15, 0.2) is 36.4 Å². The molecule has 0 heterocycles. The summed E-state index contributed by atoms with van der Waals surface area (Å²) < 4.78 is 5.56. The van der Waals surface area contributed by atoms with Gasteiger partial charge in [0.15, 0.2) is 11.5 Å². The molecule has 10 heteroatoms. The molecule has 5 N–H and O–H groups in total. The average molecular weight is 470 g/mol. The predicted octanol–water partition coefficient (Wildman–Crippen LogP) is 2.92. The number of unbranched alkanes of at least 4 members (excludes halogenated alkanes) is 1. The van der Waals surface area contributed by atoms with E-state index in [0.717, 1.165) is 24.9 Å². The van der Waals surface area contributed by atoms with Gasteiger partial charge in [0, 0.05) is 6.42 Å². The molecule has 0 spiro atoms. The van der Waals surface area contributed by atoms with E-state index in [4.69, 9.17) is 33.1 Å². The Morgan fingerprint density at radius 3 is 2.52 bits per heavy atom. The maximum Gasteiger partial charge on any atom is 0.266 e. The molecule has 8 nitrogen and oxygen atoms in total. The topological polar surface area (TPSA) is 120 Å². The molecule has 0 unspecified atom stereocenters. The van der Waals surface area contributed by atoms with Gasteiger partial charge in [-0.15, -0.1) is 0 Å². The number of carbonyl (C=O) groups is 2. The monoisotopic (exact) mass is 469 g/mol. The first-order valence-electron chi connectivity index (χ1n) is 9.66. The summed E-state index contributed by atoms with van der Waals surface area (Å²) in [6, 6.07) is 9.06. The molecule has 2 amide bonds. The molecule has 0 aromatic heterocycles. The number of hydrogen-bond donors (Lipinski definition) is 5. The van der Waals surface area contributed by atoms with Crippen molar-refractivity contribution in [1.29, 1.82) is 0 Å². The van der Waals surface area contributed by atoms with E-state index in [1.807, 2.05) is 13.1 Å². The number of carbonyl (C=O) groups excluding carboxylic acids is 2. The predicted molar refractivity (Wildman–Crippen MR) is 118 cm³/mol. The number of nitrogens with one attached hydrogen (secondary N) is 3. The highest BCUT2D eigenvalue weighted by Crippen LogP contribution is 2.42. The maximum atomic E-state index is 12.7. The molecule has 0 fully saturated rings. The zero-order valence-corrected chi connectivity index (χ0v) is 18.5. The van der Waals surface area contributed by atoms with Gasteiger partial charge in [-0.2, -0.15) is 0 Å². The normalized spacial score (nSPS) is 11.6. The van der Waals surface area contributed by atoms with Gasteiger partial charge in [0.05, 0.1) is 17.2 Å². The highest BCUT2D eigenvalue weighted by molar-refractivity contribution is 6.39. The highest BCUT2D eigenvalue weighted by Gasteiger charge is 2.26. The van der Waals surface area contributed by atoms with Crippen LogP contribution in [0, 0.1) is 0 Å². The Bertz CT molecular complexity index is 896. The first-order chi connectivity index (χ1) is 14.9. The van der Waals surface area contributed by atoms with Crippen molar-refractivity contribution in [1.82, 2.24) is 16.1 Å². The summed E-state index contributed by atoms with van der Waals surface area (Å²) in [5.74, 6) is -2.03. The Kier molecular flexibility index (Phi) is 9.87. The molecular weight excluding hydrogens is 445 g/mol. The zero-order chi connectivity index (χ0) is 22.8. The lowest BCUT2D eigenvalue weighted by molar-refractivity contribution is -0.131. The summed E-state index contributed by atoms with van der Waals surface area (Å²) >= 11 is 12.4. The van der Waals surface area contributed by atoms with Crippen LogP contribution < -0.4 is 20.9 Å². The number of aromatic hydroxyl groups is 1. The molecule has 0 saturated carbocycles. The second-order valence-electron chi connectivity index (χ2n) is 6.75.